The molecule has 1 fully saturated rings. The van der Waals surface area contributed by atoms with Crippen molar-refractivity contribution in [2.75, 3.05) is 7.11 Å². The van der Waals surface area contributed by atoms with E-state index < -0.39 is 0 Å². The molecule has 1 saturated heterocycles. The third-order valence-corrected chi connectivity index (χ3v) is 3.11. The van der Waals surface area contributed by atoms with Crippen molar-refractivity contribution in [2.45, 2.75) is 26.9 Å². The van der Waals surface area contributed by atoms with Crippen molar-refractivity contribution < 1.29 is 9.47 Å². The van der Waals surface area contributed by atoms with Crippen LogP contribution in [0.4, 0.5) is 5.69 Å². The molecular weight excluding hydrogens is 214 g/mol. The average molecular weight is 233 g/mol. The molecule has 17 heavy (non-hydrogen) atoms. The van der Waals surface area contributed by atoms with Crippen molar-refractivity contribution >= 4 is 11.6 Å². The fourth-order valence-electron chi connectivity index (χ4n) is 2.04. The van der Waals surface area contributed by atoms with E-state index in [9.17, 15) is 0 Å². The van der Waals surface area contributed by atoms with Crippen LogP contribution in [0.3, 0.4) is 0 Å². The van der Waals surface area contributed by atoms with Crippen LogP contribution in [-0.4, -0.2) is 19.1 Å². The van der Waals surface area contributed by atoms with Crippen LogP contribution in [0.25, 0.3) is 0 Å². The van der Waals surface area contributed by atoms with E-state index in [4.69, 9.17) is 9.47 Å². The summed E-state index contributed by atoms with van der Waals surface area (Å²) in [6.45, 7) is 6.51. The summed E-state index contributed by atoms with van der Waals surface area (Å²) in [5.74, 6) is 2.64. The number of hydrogen-bond acceptors (Lipinski definition) is 3. The van der Waals surface area contributed by atoms with Gasteiger partial charge in [-0.1, -0.05) is 20.8 Å². The first-order chi connectivity index (χ1) is 8.11. The standard InChI is InChI=1S/C14H19NO2/c1-9(2)13-10(3)14(17-13)15-11-5-7-12(16-4)8-6-11/h5-10,13H,1-4H3/t10-,13+/m1/s1. The van der Waals surface area contributed by atoms with Crippen LogP contribution in [0.2, 0.25) is 0 Å². The monoisotopic (exact) mass is 233 g/mol. The molecule has 0 aromatic heterocycles. The Morgan fingerprint density at radius 2 is 1.88 bits per heavy atom. The molecule has 1 aromatic carbocycles. The number of ether oxygens (including phenoxy) is 2. The zero-order valence-corrected chi connectivity index (χ0v) is 10.8. The van der Waals surface area contributed by atoms with Gasteiger partial charge in [-0.25, -0.2) is 4.99 Å². The fraction of sp³-hybridized carbons (Fsp3) is 0.500. The summed E-state index contributed by atoms with van der Waals surface area (Å²) in [5.41, 5.74) is 0.912. The Kier molecular flexibility index (Phi) is 3.36. The highest BCUT2D eigenvalue weighted by molar-refractivity contribution is 5.86. The molecule has 0 spiro atoms. The Labute approximate surface area is 102 Å². The molecule has 1 aliphatic heterocycles. The highest BCUT2D eigenvalue weighted by Gasteiger charge is 2.38. The molecule has 0 amide bonds. The summed E-state index contributed by atoms with van der Waals surface area (Å²) < 4.78 is 10.8. The van der Waals surface area contributed by atoms with Gasteiger partial charge in [0.05, 0.1) is 18.7 Å². The zero-order valence-electron chi connectivity index (χ0n) is 10.8. The van der Waals surface area contributed by atoms with Gasteiger partial charge in [0.2, 0.25) is 0 Å². The molecule has 92 valence electrons. The van der Waals surface area contributed by atoms with E-state index in [-0.39, 0.29) is 0 Å². The third-order valence-electron chi connectivity index (χ3n) is 3.11. The molecule has 0 saturated carbocycles. The second-order valence-electron chi connectivity index (χ2n) is 4.76. The number of rotatable bonds is 3. The van der Waals surface area contributed by atoms with E-state index in [0.29, 0.717) is 17.9 Å². The first kappa shape index (κ1) is 12.0. The molecule has 0 unspecified atom stereocenters. The zero-order chi connectivity index (χ0) is 12.4. The molecule has 0 N–H and O–H groups in total. The SMILES string of the molecule is COc1ccc(N=C2O[C@@H](C(C)C)[C@H]2C)cc1. The lowest BCUT2D eigenvalue weighted by molar-refractivity contribution is 0.0284. The quantitative estimate of drug-likeness (QED) is 0.801. The molecule has 1 aromatic rings. The predicted molar refractivity (Wildman–Crippen MR) is 69.0 cm³/mol. The maximum Gasteiger partial charge on any atom is 0.195 e. The Balaban J connectivity index is 2.05. The van der Waals surface area contributed by atoms with Crippen LogP contribution < -0.4 is 4.74 Å². The molecular formula is C14H19NO2. The summed E-state index contributed by atoms with van der Waals surface area (Å²) in [6, 6.07) is 7.68. The van der Waals surface area contributed by atoms with Gasteiger partial charge in [-0.3, -0.25) is 0 Å². The number of methoxy groups -OCH3 is 1. The van der Waals surface area contributed by atoms with Gasteiger partial charge in [-0.2, -0.15) is 0 Å². The minimum Gasteiger partial charge on any atom is -0.497 e. The molecule has 3 heteroatoms. The first-order valence-corrected chi connectivity index (χ1v) is 6.01. The van der Waals surface area contributed by atoms with Gasteiger partial charge in [0.25, 0.3) is 0 Å². The van der Waals surface area contributed by atoms with E-state index in [2.05, 4.69) is 25.8 Å². The minimum atomic E-state index is 0.312. The number of hydrogen-bond donors (Lipinski definition) is 0. The molecule has 0 aliphatic carbocycles. The topological polar surface area (TPSA) is 30.8 Å². The third kappa shape index (κ3) is 2.43. The maximum absolute atomic E-state index is 5.69. The van der Waals surface area contributed by atoms with Crippen LogP contribution in [-0.2, 0) is 4.74 Å². The Hall–Kier alpha value is -1.51. The summed E-state index contributed by atoms with van der Waals surface area (Å²) in [7, 11) is 1.66. The van der Waals surface area contributed by atoms with Crippen molar-refractivity contribution in [1.82, 2.24) is 0 Å². The first-order valence-electron chi connectivity index (χ1n) is 6.01. The number of benzene rings is 1. The molecule has 0 radical (unpaired) electrons. The van der Waals surface area contributed by atoms with Crippen LogP contribution in [0.15, 0.2) is 29.3 Å². The van der Waals surface area contributed by atoms with Crippen molar-refractivity contribution in [3.63, 3.8) is 0 Å². The number of aliphatic imine (C=N–C) groups is 1. The van der Waals surface area contributed by atoms with Crippen molar-refractivity contribution in [2.24, 2.45) is 16.8 Å². The van der Waals surface area contributed by atoms with Gasteiger partial charge >= 0.3 is 0 Å². The van der Waals surface area contributed by atoms with Crippen LogP contribution in [0.1, 0.15) is 20.8 Å². The predicted octanol–water partition coefficient (Wildman–Crippen LogP) is 3.42. The van der Waals surface area contributed by atoms with Crippen LogP contribution in [0, 0.1) is 11.8 Å². The van der Waals surface area contributed by atoms with Gasteiger partial charge in [0, 0.05) is 0 Å². The van der Waals surface area contributed by atoms with Crippen molar-refractivity contribution in [1.29, 1.82) is 0 Å². The number of nitrogens with zero attached hydrogens (tertiary/aromatic N) is 1. The molecule has 1 aliphatic rings. The largest absolute Gasteiger partial charge is 0.497 e. The van der Waals surface area contributed by atoms with Gasteiger partial charge < -0.3 is 9.47 Å². The van der Waals surface area contributed by atoms with E-state index in [1.807, 2.05) is 24.3 Å². The van der Waals surface area contributed by atoms with Gasteiger partial charge in [-0.15, -0.1) is 0 Å². The highest BCUT2D eigenvalue weighted by atomic mass is 16.5. The fourth-order valence-corrected chi connectivity index (χ4v) is 2.04. The highest BCUT2D eigenvalue weighted by Crippen LogP contribution is 2.31. The van der Waals surface area contributed by atoms with Gasteiger partial charge in [-0.05, 0) is 30.2 Å². The van der Waals surface area contributed by atoms with E-state index in [0.717, 1.165) is 17.3 Å². The van der Waals surface area contributed by atoms with Gasteiger partial charge in [0.15, 0.2) is 5.90 Å². The smallest absolute Gasteiger partial charge is 0.195 e. The Bertz CT molecular complexity index is 409. The Morgan fingerprint density at radius 3 is 2.35 bits per heavy atom. The van der Waals surface area contributed by atoms with E-state index >= 15 is 0 Å². The van der Waals surface area contributed by atoms with E-state index in [1.165, 1.54) is 0 Å². The summed E-state index contributed by atoms with van der Waals surface area (Å²) >= 11 is 0. The Morgan fingerprint density at radius 1 is 1.24 bits per heavy atom. The summed E-state index contributed by atoms with van der Waals surface area (Å²) in [6.07, 6.45) is 0.312. The molecule has 2 rings (SSSR count). The normalized spacial score (nSPS) is 25.6. The lowest BCUT2D eigenvalue weighted by Gasteiger charge is -2.39. The average Bonchev–Trinajstić information content (AvgIpc) is 2.33. The van der Waals surface area contributed by atoms with Crippen molar-refractivity contribution in [3.05, 3.63) is 24.3 Å². The summed E-state index contributed by atoms with van der Waals surface area (Å²) in [5, 5.41) is 0. The minimum absolute atomic E-state index is 0.312. The summed E-state index contributed by atoms with van der Waals surface area (Å²) in [4.78, 5) is 4.49. The molecule has 1 heterocycles. The lowest BCUT2D eigenvalue weighted by atomic mass is 9.89. The molecule has 2 atom stereocenters. The van der Waals surface area contributed by atoms with Crippen LogP contribution >= 0.6 is 0 Å². The van der Waals surface area contributed by atoms with Crippen LogP contribution in [0.5, 0.6) is 5.75 Å². The van der Waals surface area contributed by atoms with Gasteiger partial charge in [0.1, 0.15) is 11.9 Å². The molecule has 0 bridgehead atoms. The maximum atomic E-state index is 5.69. The second-order valence-corrected chi connectivity index (χ2v) is 4.76. The second kappa shape index (κ2) is 4.78. The molecule has 3 nitrogen and oxygen atoms in total. The van der Waals surface area contributed by atoms with E-state index in [1.54, 1.807) is 7.11 Å². The van der Waals surface area contributed by atoms with Crippen molar-refractivity contribution in [3.8, 4) is 5.75 Å². The lowest BCUT2D eigenvalue weighted by Crippen LogP contribution is -2.46.